The molecule has 0 aliphatic carbocycles. The van der Waals surface area contributed by atoms with E-state index in [0.717, 1.165) is 31.6 Å². The summed E-state index contributed by atoms with van der Waals surface area (Å²) in [6.45, 7) is 7.16. The summed E-state index contributed by atoms with van der Waals surface area (Å²) in [5.74, 6) is 1.47. The van der Waals surface area contributed by atoms with Crippen molar-refractivity contribution in [1.29, 1.82) is 0 Å². The van der Waals surface area contributed by atoms with Crippen LogP contribution in [0.15, 0.2) is 30.5 Å². The third kappa shape index (κ3) is 3.31. The number of hydrogen-bond acceptors (Lipinski definition) is 2. The first-order valence-electron chi connectivity index (χ1n) is 8.51. The number of aromatic nitrogens is 2. The van der Waals surface area contributed by atoms with Crippen molar-refractivity contribution in [2.24, 2.45) is 0 Å². The summed E-state index contributed by atoms with van der Waals surface area (Å²) in [6, 6.07) is 8.77. The van der Waals surface area contributed by atoms with Gasteiger partial charge in [0.25, 0.3) is 5.91 Å². The number of nitrogens with zero attached hydrogens (tertiary/aromatic N) is 2. The van der Waals surface area contributed by atoms with E-state index in [0.29, 0.717) is 11.6 Å². The second-order valence-corrected chi connectivity index (χ2v) is 6.57. The van der Waals surface area contributed by atoms with Gasteiger partial charge >= 0.3 is 0 Å². The first-order chi connectivity index (χ1) is 11.1. The van der Waals surface area contributed by atoms with Crippen LogP contribution in [0.1, 0.15) is 60.0 Å². The zero-order valence-corrected chi connectivity index (χ0v) is 14.2. The standard InChI is InChI=1S/C19H25N3O/c1-4-14(3)20-19(23)17-12-22-11-15(9-10-18(22)21-17)16-8-6-5-7-13(16)2/h5-8,12,14-15H,4,9-11H2,1-3H3,(H,20,23)/t14-,15+/m0/s1. The molecular weight excluding hydrogens is 286 g/mol. The highest BCUT2D eigenvalue weighted by Gasteiger charge is 2.24. The monoisotopic (exact) mass is 311 g/mol. The lowest BCUT2D eigenvalue weighted by molar-refractivity contribution is 0.0934. The molecule has 1 aliphatic heterocycles. The maximum atomic E-state index is 12.3. The fourth-order valence-electron chi connectivity index (χ4n) is 3.25. The summed E-state index contributed by atoms with van der Waals surface area (Å²) in [6.07, 6.45) is 4.86. The number of fused-ring (bicyclic) bond motifs is 1. The number of rotatable bonds is 4. The van der Waals surface area contributed by atoms with Crippen LogP contribution in [0, 0.1) is 6.92 Å². The molecule has 0 radical (unpaired) electrons. The molecule has 1 aromatic heterocycles. The molecular formula is C19H25N3O. The Balaban J connectivity index is 1.77. The highest BCUT2D eigenvalue weighted by molar-refractivity contribution is 5.92. The molecule has 0 saturated carbocycles. The van der Waals surface area contributed by atoms with Crippen molar-refractivity contribution in [2.45, 2.75) is 58.5 Å². The number of aryl methyl sites for hydroxylation is 2. The molecule has 1 aromatic carbocycles. The van der Waals surface area contributed by atoms with Gasteiger partial charge in [-0.15, -0.1) is 0 Å². The van der Waals surface area contributed by atoms with Crippen molar-refractivity contribution >= 4 is 5.91 Å². The van der Waals surface area contributed by atoms with E-state index < -0.39 is 0 Å². The maximum Gasteiger partial charge on any atom is 0.271 e. The first kappa shape index (κ1) is 15.8. The zero-order valence-electron chi connectivity index (χ0n) is 14.2. The van der Waals surface area contributed by atoms with E-state index in [1.54, 1.807) is 0 Å². The van der Waals surface area contributed by atoms with Crippen LogP contribution in [0.4, 0.5) is 0 Å². The van der Waals surface area contributed by atoms with Gasteiger partial charge in [-0.1, -0.05) is 31.2 Å². The van der Waals surface area contributed by atoms with Gasteiger partial charge in [0, 0.05) is 31.1 Å². The molecule has 23 heavy (non-hydrogen) atoms. The number of carbonyl (C=O) groups is 1. The first-order valence-corrected chi connectivity index (χ1v) is 8.51. The molecule has 0 bridgehead atoms. The van der Waals surface area contributed by atoms with Gasteiger partial charge in [-0.25, -0.2) is 4.98 Å². The number of nitrogens with one attached hydrogen (secondary N) is 1. The van der Waals surface area contributed by atoms with Gasteiger partial charge in [-0.3, -0.25) is 4.79 Å². The second-order valence-electron chi connectivity index (χ2n) is 6.57. The van der Waals surface area contributed by atoms with Crippen molar-refractivity contribution in [3.8, 4) is 0 Å². The predicted molar refractivity (Wildman–Crippen MR) is 91.7 cm³/mol. The second kappa shape index (κ2) is 6.57. The molecule has 2 heterocycles. The van der Waals surface area contributed by atoms with Gasteiger partial charge < -0.3 is 9.88 Å². The number of benzene rings is 1. The van der Waals surface area contributed by atoms with Crippen LogP contribution in [-0.4, -0.2) is 21.5 Å². The van der Waals surface area contributed by atoms with E-state index in [1.807, 2.05) is 13.1 Å². The van der Waals surface area contributed by atoms with Crippen LogP contribution in [-0.2, 0) is 13.0 Å². The normalized spacial score (nSPS) is 18.3. The van der Waals surface area contributed by atoms with E-state index in [4.69, 9.17) is 0 Å². The van der Waals surface area contributed by atoms with Crippen LogP contribution in [0.3, 0.4) is 0 Å². The van der Waals surface area contributed by atoms with Gasteiger partial charge in [0.2, 0.25) is 0 Å². The van der Waals surface area contributed by atoms with E-state index in [9.17, 15) is 4.79 Å². The number of amides is 1. The molecule has 0 fully saturated rings. The SMILES string of the molecule is CC[C@H](C)NC(=O)c1cn2c(n1)CC[C@@H](c1ccccc1C)C2. The maximum absolute atomic E-state index is 12.3. The van der Waals surface area contributed by atoms with Crippen molar-refractivity contribution < 1.29 is 4.79 Å². The summed E-state index contributed by atoms with van der Waals surface area (Å²) in [4.78, 5) is 16.8. The average molecular weight is 311 g/mol. The largest absolute Gasteiger partial charge is 0.348 e. The van der Waals surface area contributed by atoms with Crippen molar-refractivity contribution in [1.82, 2.24) is 14.9 Å². The molecule has 2 aromatic rings. The molecule has 1 N–H and O–H groups in total. The minimum absolute atomic E-state index is 0.0614. The molecule has 4 nitrogen and oxygen atoms in total. The minimum Gasteiger partial charge on any atom is -0.348 e. The summed E-state index contributed by atoms with van der Waals surface area (Å²) in [5.41, 5.74) is 3.30. The molecule has 122 valence electrons. The van der Waals surface area contributed by atoms with Crippen molar-refractivity contribution in [3.63, 3.8) is 0 Å². The van der Waals surface area contributed by atoms with Crippen LogP contribution in [0.2, 0.25) is 0 Å². The van der Waals surface area contributed by atoms with Crippen LogP contribution >= 0.6 is 0 Å². The lowest BCUT2D eigenvalue weighted by Crippen LogP contribution is -2.32. The fourth-order valence-corrected chi connectivity index (χ4v) is 3.25. The van der Waals surface area contributed by atoms with Crippen LogP contribution in [0.25, 0.3) is 0 Å². The van der Waals surface area contributed by atoms with E-state index in [2.05, 4.69) is 53.0 Å². The fraction of sp³-hybridized carbons (Fsp3) is 0.474. The molecule has 1 amide bonds. The smallest absolute Gasteiger partial charge is 0.271 e. The molecule has 0 unspecified atom stereocenters. The van der Waals surface area contributed by atoms with Crippen LogP contribution < -0.4 is 5.32 Å². The Kier molecular flexibility index (Phi) is 4.51. The number of imidazole rings is 1. The Bertz CT molecular complexity index is 704. The number of carbonyl (C=O) groups excluding carboxylic acids is 1. The third-order valence-corrected chi connectivity index (χ3v) is 4.84. The predicted octanol–water partition coefficient (Wildman–Crippen LogP) is 3.45. The van der Waals surface area contributed by atoms with E-state index in [1.165, 1.54) is 11.1 Å². The Hall–Kier alpha value is -2.10. The van der Waals surface area contributed by atoms with Gasteiger partial charge in [-0.2, -0.15) is 0 Å². The van der Waals surface area contributed by atoms with Gasteiger partial charge in [0.1, 0.15) is 11.5 Å². The summed E-state index contributed by atoms with van der Waals surface area (Å²) >= 11 is 0. The molecule has 4 heteroatoms. The molecule has 1 aliphatic rings. The third-order valence-electron chi connectivity index (χ3n) is 4.84. The van der Waals surface area contributed by atoms with E-state index >= 15 is 0 Å². The molecule has 0 spiro atoms. The average Bonchev–Trinajstić information content (AvgIpc) is 2.98. The zero-order chi connectivity index (χ0) is 16.4. The Morgan fingerprint density at radius 1 is 1.43 bits per heavy atom. The summed E-state index contributed by atoms with van der Waals surface area (Å²) in [5, 5.41) is 2.99. The van der Waals surface area contributed by atoms with E-state index in [-0.39, 0.29) is 11.9 Å². The Morgan fingerprint density at radius 2 is 2.22 bits per heavy atom. The quantitative estimate of drug-likeness (QED) is 0.940. The van der Waals surface area contributed by atoms with Crippen molar-refractivity contribution in [2.75, 3.05) is 0 Å². The topological polar surface area (TPSA) is 46.9 Å². The lowest BCUT2D eigenvalue weighted by atomic mass is 9.89. The Labute approximate surface area is 137 Å². The number of hydrogen-bond donors (Lipinski definition) is 1. The lowest BCUT2D eigenvalue weighted by Gasteiger charge is -2.25. The summed E-state index contributed by atoms with van der Waals surface area (Å²) in [7, 11) is 0. The highest BCUT2D eigenvalue weighted by atomic mass is 16.2. The Morgan fingerprint density at radius 3 is 2.96 bits per heavy atom. The summed E-state index contributed by atoms with van der Waals surface area (Å²) < 4.78 is 2.16. The molecule has 3 rings (SSSR count). The van der Waals surface area contributed by atoms with Gasteiger partial charge in [-0.05, 0) is 37.8 Å². The van der Waals surface area contributed by atoms with Gasteiger partial charge in [0.15, 0.2) is 0 Å². The van der Waals surface area contributed by atoms with Crippen molar-refractivity contribution in [3.05, 3.63) is 53.1 Å². The van der Waals surface area contributed by atoms with Crippen LogP contribution in [0.5, 0.6) is 0 Å². The molecule has 0 saturated heterocycles. The van der Waals surface area contributed by atoms with Gasteiger partial charge in [0.05, 0.1) is 0 Å². The highest BCUT2D eigenvalue weighted by Crippen LogP contribution is 2.30. The molecule has 2 atom stereocenters. The minimum atomic E-state index is -0.0614.